The minimum atomic E-state index is 0.308. The Morgan fingerprint density at radius 1 is 1.46 bits per heavy atom. The molecule has 0 unspecified atom stereocenters. The molecule has 0 aliphatic carbocycles. The molecule has 0 bridgehead atoms. The van der Waals surface area contributed by atoms with Crippen LogP contribution >= 0.6 is 11.3 Å². The van der Waals surface area contributed by atoms with Gasteiger partial charge < -0.3 is 0 Å². The van der Waals surface area contributed by atoms with Gasteiger partial charge in [0.1, 0.15) is 0 Å². The van der Waals surface area contributed by atoms with Gasteiger partial charge in [0, 0.05) is 11.3 Å². The highest BCUT2D eigenvalue weighted by atomic mass is 32.1. The van der Waals surface area contributed by atoms with Gasteiger partial charge in [-0.2, -0.15) is 0 Å². The zero-order valence-corrected chi connectivity index (χ0v) is 9.33. The molecule has 0 spiro atoms. The smallest absolute Gasteiger partial charge is 0.172 e. The Morgan fingerprint density at radius 2 is 2.15 bits per heavy atom. The van der Waals surface area contributed by atoms with E-state index in [0.717, 1.165) is 17.7 Å². The molecule has 2 heteroatoms. The summed E-state index contributed by atoms with van der Waals surface area (Å²) in [5, 5.41) is 0. The highest BCUT2D eigenvalue weighted by Gasteiger charge is 2.09. The van der Waals surface area contributed by atoms with Crippen LogP contribution in [0.15, 0.2) is 6.07 Å². The number of hydrogen-bond donors (Lipinski definition) is 0. The fourth-order valence-electron chi connectivity index (χ4n) is 1.17. The molecular formula is C11H16OS. The number of carbonyl (C=O) groups is 1. The van der Waals surface area contributed by atoms with Gasteiger partial charge in [-0.1, -0.05) is 13.3 Å². The second-order valence-electron chi connectivity index (χ2n) is 3.38. The van der Waals surface area contributed by atoms with Gasteiger partial charge in [0.15, 0.2) is 5.78 Å². The molecule has 13 heavy (non-hydrogen) atoms. The van der Waals surface area contributed by atoms with Crippen LogP contribution in [0.25, 0.3) is 0 Å². The van der Waals surface area contributed by atoms with Crippen molar-refractivity contribution >= 4 is 17.1 Å². The fourth-order valence-corrected chi connectivity index (χ4v) is 2.17. The predicted molar refractivity (Wildman–Crippen MR) is 57.6 cm³/mol. The van der Waals surface area contributed by atoms with E-state index in [1.165, 1.54) is 10.4 Å². The molecule has 0 amide bonds. The third-order valence-corrected chi connectivity index (χ3v) is 3.39. The number of ketones is 1. The van der Waals surface area contributed by atoms with Crippen molar-refractivity contribution in [2.75, 3.05) is 0 Å². The molecule has 0 N–H and O–H groups in total. The lowest BCUT2D eigenvalue weighted by molar-refractivity contribution is 0.0983. The maximum atomic E-state index is 11.6. The first-order valence-electron chi connectivity index (χ1n) is 4.75. The first kappa shape index (κ1) is 10.5. The van der Waals surface area contributed by atoms with Gasteiger partial charge in [0.2, 0.25) is 0 Å². The summed E-state index contributed by atoms with van der Waals surface area (Å²) < 4.78 is 0. The quantitative estimate of drug-likeness (QED) is 0.670. The lowest BCUT2D eigenvalue weighted by Gasteiger charge is -1.93. The molecule has 0 fully saturated rings. The van der Waals surface area contributed by atoms with E-state index in [0.29, 0.717) is 12.2 Å². The maximum Gasteiger partial charge on any atom is 0.172 e. The summed E-state index contributed by atoms with van der Waals surface area (Å²) in [6, 6.07) is 2.01. The summed E-state index contributed by atoms with van der Waals surface area (Å²) in [5.74, 6) is 0.308. The molecule has 1 heterocycles. The van der Waals surface area contributed by atoms with Crippen LogP contribution in [0.4, 0.5) is 0 Å². The van der Waals surface area contributed by atoms with E-state index in [-0.39, 0.29) is 0 Å². The number of rotatable bonds is 4. The molecule has 0 aliphatic rings. The van der Waals surface area contributed by atoms with Crippen LogP contribution in [0.3, 0.4) is 0 Å². The summed E-state index contributed by atoms with van der Waals surface area (Å²) in [4.78, 5) is 13.8. The topological polar surface area (TPSA) is 17.1 Å². The fraction of sp³-hybridized carbons (Fsp3) is 0.545. The zero-order chi connectivity index (χ0) is 9.84. The summed E-state index contributed by atoms with van der Waals surface area (Å²) in [7, 11) is 0. The second kappa shape index (κ2) is 4.56. The highest BCUT2D eigenvalue weighted by Crippen LogP contribution is 2.22. The molecule has 0 aliphatic heterocycles. The van der Waals surface area contributed by atoms with Crippen molar-refractivity contribution in [1.29, 1.82) is 0 Å². The molecular weight excluding hydrogens is 180 g/mol. The number of aryl methyl sites for hydroxylation is 2. The Morgan fingerprint density at radius 3 is 2.62 bits per heavy atom. The van der Waals surface area contributed by atoms with E-state index in [1.807, 2.05) is 6.07 Å². The Bertz CT molecular complexity index is 280. The van der Waals surface area contributed by atoms with Crippen molar-refractivity contribution in [3.63, 3.8) is 0 Å². The van der Waals surface area contributed by atoms with E-state index in [1.54, 1.807) is 11.3 Å². The van der Waals surface area contributed by atoms with Gasteiger partial charge in [0.05, 0.1) is 4.88 Å². The Kier molecular flexibility index (Phi) is 3.67. The zero-order valence-electron chi connectivity index (χ0n) is 8.52. The molecule has 0 saturated carbocycles. The molecule has 0 saturated heterocycles. The van der Waals surface area contributed by atoms with Crippen LogP contribution in [0.2, 0.25) is 0 Å². The minimum Gasteiger partial charge on any atom is -0.293 e. The van der Waals surface area contributed by atoms with E-state index in [2.05, 4.69) is 20.8 Å². The summed E-state index contributed by atoms with van der Waals surface area (Å²) in [5.41, 5.74) is 1.24. The maximum absolute atomic E-state index is 11.6. The van der Waals surface area contributed by atoms with Crippen LogP contribution < -0.4 is 0 Å². The number of thiophene rings is 1. The van der Waals surface area contributed by atoms with Gasteiger partial charge in [-0.3, -0.25) is 4.79 Å². The number of Topliss-reactive ketones (excluding diaryl/α,β-unsaturated/α-hetero) is 1. The second-order valence-corrected chi connectivity index (χ2v) is 4.63. The highest BCUT2D eigenvalue weighted by molar-refractivity contribution is 7.14. The van der Waals surface area contributed by atoms with Gasteiger partial charge in [-0.15, -0.1) is 11.3 Å². The van der Waals surface area contributed by atoms with E-state index >= 15 is 0 Å². The molecule has 1 nitrogen and oxygen atoms in total. The number of hydrogen-bond acceptors (Lipinski definition) is 2. The first-order chi connectivity index (χ1) is 6.15. The van der Waals surface area contributed by atoms with Gasteiger partial charge in [-0.25, -0.2) is 0 Å². The number of carbonyl (C=O) groups excluding carboxylic acids is 1. The average molecular weight is 196 g/mol. The van der Waals surface area contributed by atoms with Crippen molar-refractivity contribution in [3.05, 3.63) is 21.4 Å². The van der Waals surface area contributed by atoms with Crippen molar-refractivity contribution in [2.45, 2.75) is 40.0 Å². The van der Waals surface area contributed by atoms with E-state index in [9.17, 15) is 4.79 Å². The Labute approximate surface area is 83.8 Å². The van der Waals surface area contributed by atoms with Crippen LogP contribution in [-0.4, -0.2) is 5.78 Å². The van der Waals surface area contributed by atoms with E-state index in [4.69, 9.17) is 0 Å². The lowest BCUT2D eigenvalue weighted by Crippen LogP contribution is -1.94. The largest absolute Gasteiger partial charge is 0.293 e. The van der Waals surface area contributed by atoms with Crippen molar-refractivity contribution in [3.8, 4) is 0 Å². The first-order valence-corrected chi connectivity index (χ1v) is 5.57. The van der Waals surface area contributed by atoms with Crippen LogP contribution in [-0.2, 0) is 0 Å². The third kappa shape index (κ3) is 2.66. The van der Waals surface area contributed by atoms with Gasteiger partial charge >= 0.3 is 0 Å². The van der Waals surface area contributed by atoms with E-state index < -0.39 is 0 Å². The van der Waals surface area contributed by atoms with Crippen LogP contribution in [0.5, 0.6) is 0 Å². The van der Waals surface area contributed by atoms with Crippen molar-refractivity contribution in [1.82, 2.24) is 0 Å². The minimum absolute atomic E-state index is 0.308. The molecule has 72 valence electrons. The predicted octanol–water partition coefficient (Wildman–Crippen LogP) is 3.74. The number of unbranched alkanes of at least 4 members (excludes halogenated alkanes) is 1. The van der Waals surface area contributed by atoms with Crippen molar-refractivity contribution < 1.29 is 4.79 Å². The Hall–Kier alpha value is -0.630. The van der Waals surface area contributed by atoms with Crippen molar-refractivity contribution in [2.24, 2.45) is 0 Å². The molecule has 0 aromatic carbocycles. The van der Waals surface area contributed by atoms with Gasteiger partial charge in [-0.05, 0) is 31.9 Å². The standard InChI is InChI=1S/C11H16OS/c1-4-5-6-10(12)11-7-8(2)9(3)13-11/h7H,4-6H2,1-3H3. The summed E-state index contributed by atoms with van der Waals surface area (Å²) in [6.07, 6.45) is 2.81. The average Bonchev–Trinajstić information content (AvgIpc) is 2.43. The monoisotopic (exact) mass is 196 g/mol. The third-order valence-electron chi connectivity index (χ3n) is 2.20. The molecule has 0 radical (unpaired) electrons. The molecule has 1 aromatic rings. The van der Waals surface area contributed by atoms with Crippen LogP contribution in [0, 0.1) is 13.8 Å². The van der Waals surface area contributed by atoms with Gasteiger partial charge in [0.25, 0.3) is 0 Å². The van der Waals surface area contributed by atoms with Crippen LogP contribution in [0.1, 0.15) is 46.3 Å². The summed E-state index contributed by atoms with van der Waals surface area (Å²) in [6.45, 7) is 6.23. The molecule has 0 atom stereocenters. The lowest BCUT2D eigenvalue weighted by atomic mass is 10.1. The normalized spacial score (nSPS) is 10.4. The Balaban J connectivity index is 2.66. The summed E-state index contributed by atoms with van der Waals surface area (Å²) >= 11 is 1.62. The molecule has 1 aromatic heterocycles. The SMILES string of the molecule is CCCCC(=O)c1cc(C)c(C)s1. The molecule has 1 rings (SSSR count).